The fourth-order valence-corrected chi connectivity index (χ4v) is 4.36. The summed E-state index contributed by atoms with van der Waals surface area (Å²) in [5, 5.41) is 0. The number of ether oxygens (including phenoxy) is 1. The minimum atomic E-state index is -3.62. The van der Waals surface area contributed by atoms with Crippen molar-refractivity contribution in [3.8, 4) is 5.75 Å². The maximum Gasteiger partial charge on any atom is 0.257 e. The molecule has 1 saturated heterocycles. The predicted octanol–water partition coefficient (Wildman–Crippen LogP) is 2.11. The van der Waals surface area contributed by atoms with Crippen molar-refractivity contribution in [1.29, 1.82) is 0 Å². The molecule has 7 heteroatoms. The van der Waals surface area contributed by atoms with Crippen LogP contribution in [0.2, 0.25) is 0 Å². The molecule has 0 aliphatic carbocycles. The van der Waals surface area contributed by atoms with Crippen LogP contribution in [0.1, 0.15) is 37.6 Å². The molecule has 1 amide bonds. The SMILES string of the molecule is CCNS(=O)(=O)c1ccc(OC)c(C(=O)N2C[C@H](C)C[C@@H](C)C2)c1. The van der Waals surface area contributed by atoms with E-state index in [2.05, 4.69) is 18.6 Å². The van der Waals surface area contributed by atoms with E-state index in [1.54, 1.807) is 11.8 Å². The normalized spacial score (nSPS) is 21.6. The maximum atomic E-state index is 12.9. The van der Waals surface area contributed by atoms with Gasteiger partial charge in [0, 0.05) is 19.6 Å². The average molecular weight is 354 g/mol. The fraction of sp³-hybridized carbons (Fsp3) is 0.588. The molecular formula is C17H26N2O4S. The second-order valence-electron chi connectivity index (χ2n) is 6.52. The summed E-state index contributed by atoms with van der Waals surface area (Å²) in [6, 6.07) is 4.40. The summed E-state index contributed by atoms with van der Waals surface area (Å²) in [5.74, 6) is 1.06. The average Bonchev–Trinajstić information content (AvgIpc) is 2.52. The van der Waals surface area contributed by atoms with E-state index < -0.39 is 10.0 Å². The summed E-state index contributed by atoms with van der Waals surface area (Å²) in [6.45, 7) is 7.61. The van der Waals surface area contributed by atoms with Gasteiger partial charge in [-0.1, -0.05) is 20.8 Å². The third-order valence-corrected chi connectivity index (χ3v) is 5.75. The monoisotopic (exact) mass is 354 g/mol. The van der Waals surface area contributed by atoms with Gasteiger partial charge in [0.25, 0.3) is 5.91 Å². The molecule has 1 aromatic rings. The molecule has 0 saturated carbocycles. The van der Waals surface area contributed by atoms with Crippen molar-refractivity contribution < 1.29 is 17.9 Å². The Balaban J connectivity index is 2.38. The number of benzene rings is 1. The van der Waals surface area contributed by atoms with Gasteiger partial charge in [0.2, 0.25) is 10.0 Å². The van der Waals surface area contributed by atoms with Crippen LogP contribution in [0.15, 0.2) is 23.1 Å². The third-order valence-electron chi connectivity index (χ3n) is 4.20. The van der Waals surface area contributed by atoms with Gasteiger partial charge in [-0.25, -0.2) is 13.1 Å². The first-order valence-electron chi connectivity index (χ1n) is 8.25. The molecule has 2 rings (SSSR count). The number of piperidine rings is 1. The lowest BCUT2D eigenvalue weighted by molar-refractivity contribution is 0.0619. The standard InChI is InChI=1S/C17H26N2O4S/c1-5-18-24(21,22)14-6-7-16(23-4)15(9-14)17(20)19-10-12(2)8-13(3)11-19/h6-7,9,12-13,18H,5,8,10-11H2,1-4H3/t12-,13-/m1/s1. The van der Waals surface area contributed by atoms with Crippen molar-refractivity contribution in [2.75, 3.05) is 26.7 Å². The summed E-state index contributed by atoms with van der Waals surface area (Å²) in [6.07, 6.45) is 1.09. The Bertz CT molecular complexity index is 693. The number of likely N-dealkylation sites (tertiary alicyclic amines) is 1. The van der Waals surface area contributed by atoms with Gasteiger partial charge in [0.05, 0.1) is 17.6 Å². The van der Waals surface area contributed by atoms with E-state index in [1.165, 1.54) is 25.3 Å². The van der Waals surface area contributed by atoms with Gasteiger partial charge in [0.15, 0.2) is 0 Å². The summed E-state index contributed by atoms with van der Waals surface area (Å²) in [7, 11) is -2.14. The zero-order valence-corrected chi connectivity index (χ0v) is 15.5. The molecule has 1 heterocycles. The van der Waals surface area contributed by atoms with Gasteiger partial charge < -0.3 is 9.64 Å². The molecular weight excluding hydrogens is 328 g/mol. The second-order valence-corrected chi connectivity index (χ2v) is 8.29. The first-order chi connectivity index (χ1) is 11.3. The van der Waals surface area contributed by atoms with Crippen molar-refractivity contribution in [2.45, 2.75) is 32.1 Å². The van der Waals surface area contributed by atoms with Crippen LogP contribution in [0.4, 0.5) is 0 Å². The number of sulfonamides is 1. The largest absolute Gasteiger partial charge is 0.496 e. The summed E-state index contributed by atoms with van der Waals surface area (Å²) in [4.78, 5) is 14.8. The molecule has 0 spiro atoms. The lowest BCUT2D eigenvalue weighted by Crippen LogP contribution is -2.42. The zero-order chi connectivity index (χ0) is 17.9. The van der Waals surface area contributed by atoms with E-state index >= 15 is 0 Å². The van der Waals surface area contributed by atoms with Crippen LogP contribution in [0.25, 0.3) is 0 Å². The first kappa shape index (κ1) is 18.7. The molecule has 1 aliphatic heterocycles. The fourth-order valence-electron chi connectivity index (χ4n) is 3.29. The quantitative estimate of drug-likeness (QED) is 0.879. The smallest absolute Gasteiger partial charge is 0.257 e. The van der Waals surface area contributed by atoms with Crippen molar-refractivity contribution >= 4 is 15.9 Å². The highest BCUT2D eigenvalue weighted by molar-refractivity contribution is 7.89. The van der Waals surface area contributed by atoms with E-state index in [0.717, 1.165) is 6.42 Å². The minimum Gasteiger partial charge on any atom is -0.496 e. The molecule has 2 atom stereocenters. The molecule has 134 valence electrons. The van der Waals surface area contributed by atoms with E-state index in [0.29, 0.717) is 37.2 Å². The van der Waals surface area contributed by atoms with Gasteiger partial charge in [-0.15, -0.1) is 0 Å². The maximum absolute atomic E-state index is 12.9. The third kappa shape index (κ3) is 4.08. The Labute approximate surface area is 144 Å². The van der Waals surface area contributed by atoms with Crippen LogP contribution in [0.5, 0.6) is 5.75 Å². The summed E-state index contributed by atoms with van der Waals surface area (Å²) < 4.78 is 32.1. The Morgan fingerprint density at radius 1 is 1.29 bits per heavy atom. The van der Waals surface area contributed by atoms with Crippen LogP contribution >= 0.6 is 0 Å². The molecule has 1 aromatic carbocycles. The lowest BCUT2D eigenvalue weighted by Gasteiger charge is -2.35. The highest BCUT2D eigenvalue weighted by atomic mass is 32.2. The van der Waals surface area contributed by atoms with Gasteiger partial charge in [0.1, 0.15) is 5.75 Å². The molecule has 1 fully saturated rings. The Morgan fingerprint density at radius 3 is 2.46 bits per heavy atom. The predicted molar refractivity (Wildman–Crippen MR) is 92.7 cm³/mol. The van der Waals surface area contributed by atoms with Crippen LogP contribution in [-0.2, 0) is 10.0 Å². The highest BCUT2D eigenvalue weighted by Gasteiger charge is 2.28. The van der Waals surface area contributed by atoms with Gasteiger partial charge in [-0.3, -0.25) is 4.79 Å². The zero-order valence-electron chi connectivity index (χ0n) is 14.7. The molecule has 0 aromatic heterocycles. The number of amides is 1. The van der Waals surface area contributed by atoms with E-state index in [-0.39, 0.29) is 16.4 Å². The number of methoxy groups -OCH3 is 1. The first-order valence-corrected chi connectivity index (χ1v) is 9.73. The van der Waals surface area contributed by atoms with E-state index in [1.807, 2.05) is 0 Å². The molecule has 0 radical (unpaired) electrons. The van der Waals surface area contributed by atoms with Gasteiger partial charge in [-0.2, -0.15) is 0 Å². The van der Waals surface area contributed by atoms with Crippen LogP contribution < -0.4 is 9.46 Å². The Morgan fingerprint density at radius 2 is 1.92 bits per heavy atom. The van der Waals surface area contributed by atoms with Crippen molar-refractivity contribution in [3.05, 3.63) is 23.8 Å². The van der Waals surface area contributed by atoms with Gasteiger partial charge >= 0.3 is 0 Å². The summed E-state index contributed by atoms with van der Waals surface area (Å²) in [5.41, 5.74) is 0.290. The van der Waals surface area contributed by atoms with Crippen molar-refractivity contribution in [3.63, 3.8) is 0 Å². The highest BCUT2D eigenvalue weighted by Crippen LogP contribution is 2.27. The number of rotatable bonds is 5. The summed E-state index contributed by atoms with van der Waals surface area (Å²) >= 11 is 0. The Kier molecular flexibility index (Phi) is 5.87. The van der Waals surface area contributed by atoms with Crippen molar-refractivity contribution in [1.82, 2.24) is 9.62 Å². The van der Waals surface area contributed by atoms with E-state index in [4.69, 9.17) is 4.74 Å². The lowest BCUT2D eigenvalue weighted by atomic mass is 9.91. The number of hydrogen-bond acceptors (Lipinski definition) is 4. The van der Waals surface area contributed by atoms with Crippen LogP contribution in [0.3, 0.4) is 0 Å². The van der Waals surface area contributed by atoms with Gasteiger partial charge in [-0.05, 0) is 36.5 Å². The number of nitrogens with one attached hydrogen (secondary N) is 1. The second kappa shape index (κ2) is 7.53. The van der Waals surface area contributed by atoms with Crippen molar-refractivity contribution in [2.24, 2.45) is 11.8 Å². The number of carbonyl (C=O) groups is 1. The van der Waals surface area contributed by atoms with Crippen LogP contribution in [0, 0.1) is 11.8 Å². The molecule has 6 nitrogen and oxygen atoms in total. The molecule has 0 bridgehead atoms. The molecule has 1 N–H and O–H groups in total. The minimum absolute atomic E-state index is 0.0756. The van der Waals surface area contributed by atoms with Crippen LogP contribution in [-0.4, -0.2) is 46.0 Å². The number of hydrogen-bond donors (Lipinski definition) is 1. The van der Waals surface area contributed by atoms with E-state index in [9.17, 15) is 13.2 Å². The Hall–Kier alpha value is -1.60. The topological polar surface area (TPSA) is 75.7 Å². The molecule has 1 aliphatic rings. The molecule has 0 unspecified atom stereocenters. The number of nitrogens with zero attached hydrogens (tertiary/aromatic N) is 1. The number of carbonyl (C=O) groups excluding carboxylic acids is 1. The molecule has 24 heavy (non-hydrogen) atoms.